The number of aryl methyl sites for hydroxylation is 1. The molecule has 1 aliphatic rings. The summed E-state index contributed by atoms with van der Waals surface area (Å²) >= 11 is 0. The zero-order valence-corrected chi connectivity index (χ0v) is 14.3. The molecule has 1 aromatic carbocycles. The molecule has 1 aromatic heterocycles. The Morgan fingerprint density at radius 2 is 1.68 bits per heavy atom. The van der Waals surface area contributed by atoms with Gasteiger partial charge in [-0.25, -0.2) is 4.98 Å². The van der Waals surface area contributed by atoms with Crippen molar-refractivity contribution in [3.05, 3.63) is 53.6 Å². The van der Waals surface area contributed by atoms with Crippen LogP contribution in [0.5, 0.6) is 0 Å². The van der Waals surface area contributed by atoms with Crippen LogP contribution < -0.4 is 10.6 Å². The van der Waals surface area contributed by atoms with Gasteiger partial charge in [-0.05, 0) is 44.0 Å². The van der Waals surface area contributed by atoms with E-state index in [-0.39, 0.29) is 23.6 Å². The highest BCUT2D eigenvalue weighted by Gasteiger charge is 2.16. The van der Waals surface area contributed by atoms with E-state index in [2.05, 4.69) is 20.6 Å². The highest BCUT2D eigenvalue weighted by Crippen LogP contribution is 2.18. The number of carbonyl (C=O) groups is 2. The van der Waals surface area contributed by atoms with Crippen molar-refractivity contribution in [3.63, 3.8) is 0 Å². The maximum Gasteiger partial charge on any atom is 0.275 e. The molecule has 2 amide bonds. The van der Waals surface area contributed by atoms with E-state index in [9.17, 15) is 9.59 Å². The van der Waals surface area contributed by atoms with E-state index in [1.165, 1.54) is 25.5 Å². The summed E-state index contributed by atoms with van der Waals surface area (Å²) in [5, 5.41) is 5.83. The molecule has 0 bridgehead atoms. The summed E-state index contributed by atoms with van der Waals surface area (Å²) in [5.41, 5.74) is 2.22. The van der Waals surface area contributed by atoms with Crippen molar-refractivity contribution in [2.75, 3.05) is 5.32 Å². The Kier molecular flexibility index (Phi) is 5.38. The largest absolute Gasteiger partial charge is 0.349 e. The maximum absolute atomic E-state index is 12.3. The Morgan fingerprint density at radius 3 is 2.32 bits per heavy atom. The number of nitrogens with zero attached hydrogens (tertiary/aromatic N) is 2. The van der Waals surface area contributed by atoms with E-state index in [0.29, 0.717) is 11.3 Å². The van der Waals surface area contributed by atoms with Crippen LogP contribution in [-0.4, -0.2) is 27.8 Å². The summed E-state index contributed by atoms with van der Waals surface area (Å²) in [7, 11) is 0. The van der Waals surface area contributed by atoms with E-state index in [1.807, 2.05) is 6.92 Å². The number of carbonyl (C=O) groups excluding carboxylic acids is 2. The SMILES string of the molecule is Cc1cnc(C(=O)Nc2ccc(C(=O)NC3CCCCC3)cc2)cn1. The predicted molar refractivity (Wildman–Crippen MR) is 95.5 cm³/mol. The second-order valence-electron chi connectivity index (χ2n) is 6.38. The van der Waals surface area contributed by atoms with E-state index in [0.717, 1.165) is 18.5 Å². The third-order valence-electron chi connectivity index (χ3n) is 4.36. The van der Waals surface area contributed by atoms with Crippen LogP contribution in [-0.2, 0) is 0 Å². The number of hydrogen-bond donors (Lipinski definition) is 2. The Balaban J connectivity index is 1.58. The topological polar surface area (TPSA) is 84.0 Å². The second-order valence-corrected chi connectivity index (χ2v) is 6.38. The molecule has 25 heavy (non-hydrogen) atoms. The van der Waals surface area contributed by atoms with Crippen LogP contribution in [0.3, 0.4) is 0 Å². The molecule has 0 spiro atoms. The van der Waals surface area contributed by atoms with Crippen LogP contribution >= 0.6 is 0 Å². The van der Waals surface area contributed by atoms with Crippen molar-refractivity contribution in [2.24, 2.45) is 0 Å². The minimum absolute atomic E-state index is 0.0609. The molecule has 0 unspecified atom stereocenters. The standard InChI is InChI=1S/C19H22N4O2/c1-13-11-21-17(12-20-13)19(25)23-16-9-7-14(8-10-16)18(24)22-15-5-3-2-4-6-15/h7-12,15H,2-6H2,1H3,(H,22,24)(H,23,25). The molecule has 1 heterocycles. The fraction of sp³-hybridized carbons (Fsp3) is 0.368. The normalized spacial score (nSPS) is 14.8. The van der Waals surface area contributed by atoms with Gasteiger partial charge < -0.3 is 10.6 Å². The second kappa shape index (κ2) is 7.88. The molecule has 0 radical (unpaired) electrons. The Labute approximate surface area is 147 Å². The first-order valence-corrected chi connectivity index (χ1v) is 8.63. The fourth-order valence-electron chi connectivity index (χ4n) is 2.93. The third-order valence-corrected chi connectivity index (χ3v) is 4.36. The van der Waals surface area contributed by atoms with Gasteiger partial charge in [-0.15, -0.1) is 0 Å². The lowest BCUT2D eigenvalue weighted by Gasteiger charge is -2.22. The summed E-state index contributed by atoms with van der Waals surface area (Å²) in [6.45, 7) is 1.81. The molecule has 1 saturated carbocycles. The Bertz CT molecular complexity index is 735. The van der Waals surface area contributed by atoms with E-state index < -0.39 is 0 Å². The lowest BCUT2D eigenvalue weighted by atomic mass is 9.95. The summed E-state index contributed by atoms with van der Waals surface area (Å²) in [6.07, 6.45) is 8.71. The van der Waals surface area contributed by atoms with E-state index in [1.54, 1.807) is 30.5 Å². The van der Waals surface area contributed by atoms with Gasteiger partial charge in [0.25, 0.3) is 11.8 Å². The zero-order valence-electron chi connectivity index (χ0n) is 14.3. The van der Waals surface area contributed by atoms with Crippen LogP contribution in [0.15, 0.2) is 36.7 Å². The van der Waals surface area contributed by atoms with Gasteiger partial charge in [-0.1, -0.05) is 19.3 Å². The molecule has 1 aliphatic carbocycles. The first kappa shape index (κ1) is 17.1. The number of hydrogen-bond acceptors (Lipinski definition) is 4. The number of nitrogens with one attached hydrogen (secondary N) is 2. The van der Waals surface area contributed by atoms with E-state index >= 15 is 0 Å². The first-order chi connectivity index (χ1) is 12.1. The van der Waals surface area contributed by atoms with Crippen LogP contribution in [0, 0.1) is 6.92 Å². The minimum atomic E-state index is -0.327. The van der Waals surface area contributed by atoms with E-state index in [4.69, 9.17) is 0 Å². The molecule has 1 fully saturated rings. The van der Waals surface area contributed by atoms with Crippen molar-refractivity contribution in [1.82, 2.24) is 15.3 Å². The maximum atomic E-state index is 12.3. The van der Waals surface area contributed by atoms with Crippen molar-refractivity contribution in [3.8, 4) is 0 Å². The zero-order chi connectivity index (χ0) is 17.6. The van der Waals surface area contributed by atoms with Crippen LogP contribution in [0.25, 0.3) is 0 Å². The van der Waals surface area contributed by atoms with Crippen molar-refractivity contribution in [2.45, 2.75) is 45.1 Å². The minimum Gasteiger partial charge on any atom is -0.349 e. The molecule has 6 nitrogen and oxygen atoms in total. The average molecular weight is 338 g/mol. The molecular formula is C19H22N4O2. The average Bonchev–Trinajstić information content (AvgIpc) is 2.63. The lowest BCUT2D eigenvalue weighted by molar-refractivity contribution is 0.0927. The quantitative estimate of drug-likeness (QED) is 0.897. The molecule has 2 aromatic rings. The molecule has 6 heteroatoms. The van der Waals surface area contributed by atoms with Gasteiger partial charge in [0, 0.05) is 23.5 Å². The molecule has 0 saturated heterocycles. The molecule has 2 N–H and O–H groups in total. The Hall–Kier alpha value is -2.76. The number of rotatable bonds is 4. The molecular weight excluding hydrogens is 316 g/mol. The highest BCUT2D eigenvalue weighted by molar-refractivity contribution is 6.03. The molecule has 0 atom stereocenters. The van der Waals surface area contributed by atoms with Crippen molar-refractivity contribution >= 4 is 17.5 Å². The van der Waals surface area contributed by atoms with Crippen molar-refractivity contribution in [1.29, 1.82) is 0 Å². The number of aromatic nitrogens is 2. The molecule has 0 aliphatic heterocycles. The number of amides is 2. The molecule has 3 rings (SSSR count). The van der Waals surface area contributed by atoms with Gasteiger partial charge in [-0.3, -0.25) is 14.6 Å². The Morgan fingerprint density at radius 1 is 0.960 bits per heavy atom. The first-order valence-electron chi connectivity index (χ1n) is 8.63. The fourth-order valence-corrected chi connectivity index (χ4v) is 2.93. The lowest BCUT2D eigenvalue weighted by Crippen LogP contribution is -2.36. The van der Waals surface area contributed by atoms with Gasteiger partial charge in [0.1, 0.15) is 5.69 Å². The monoisotopic (exact) mass is 338 g/mol. The van der Waals surface area contributed by atoms with Gasteiger partial charge >= 0.3 is 0 Å². The van der Waals surface area contributed by atoms with Crippen LogP contribution in [0.1, 0.15) is 58.6 Å². The van der Waals surface area contributed by atoms with Crippen molar-refractivity contribution < 1.29 is 9.59 Å². The number of benzene rings is 1. The summed E-state index contributed by atoms with van der Waals surface area (Å²) in [6, 6.07) is 7.15. The number of anilines is 1. The summed E-state index contributed by atoms with van der Waals surface area (Å²) < 4.78 is 0. The smallest absolute Gasteiger partial charge is 0.275 e. The summed E-state index contributed by atoms with van der Waals surface area (Å²) in [5.74, 6) is -0.388. The van der Waals surface area contributed by atoms with Gasteiger partial charge in [-0.2, -0.15) is 0 Å². The van der Waals surface area contributed by atoms with Crippen LogP contribution in [0.2, 0.25) is 0 Å². The third kappa shape index (κ3) is 4.62. The predicted octanol–water partition coefficient (Wildman–Crippen LogP) is 3.10. The summed E-state index contributed by atoms with van der Waals surface area (Å²) in [4.78, 5) is 32.5. The van der Waals surface area contributed by atoms with Gasteiger partial charge in [0.05, 0.1) is 11.9 Å². The van der Waals surface area contributed by atoms with Gasteiger partial charge in [0.15, 0.2) is 0 Å². The van der Waals surface area contributed by atoms with Crippen LogP contribution in [0.4, 0.5) is 5.69 Å². The molecule has 130 valence electrons. The van der Waals surface area contributed by atoms with Gasteiger partial charge in [0.2, 0.25) is 0 Å². The highest BCUT2D eigenvalue weighted by atomic mass is 16.2.